The number of hydrogen-bond acceptors (Lipinski definition) is 4. The summed E-state index contributed by atoms with van der Waals surface area (Å²) in [5.41, 5.74) is 2.70. The van der Waals surface area contributed by atoms with Crippen molar-refractivity contribution in [2.45, 2.75) is 53.2 Å². The number of ketones is 1. The monoisotopic (exact) mass is 407 g/mol. The second-order valence-electron chi connectivity index (χ2n) is 8.11. The summed E-state index contributed by atoms with van der Waals surface area (Å²) >= 11 is 0. The van der Waals surface area contributed by atoms with Crippen molar-refractivity contribution in [3.63, 3.8) is 0 Å². The van der Waals surface area contributed by atoms with Gasteiger partial charge in [0.05, 0.1) is 17.7 Å². The van der Waals surface area contributed by atoms with E-state index in [9.17, 15) is 14.7 Å². The highest BCUT2D eigenvalue weighted by molar-refractivity contribution is 6.16. The molecule has 3 rings (SSSR count). The van der Waals surface area contributed by atoms with Crippen LogP contribution < -0.4 is 9.64 Å². The van der Waals surface area contributed by atoms with Gasteiger partial charge in [0.1, 0.15) is 5.75 Å². The Kier molecular flexibility index (Phi) is 6.30. The zero-order chi connectivity index (χ0) is 22.0. The van der Waals surface area contributed by atoms with Crippen molar-refractivity contribution in [1.82, 2.24) is 0 Å². The number of ether oxygens (including phenoxy) is 1. The molecular weight excluding hydrogens is 378 g/mol. The Labute approximate surface area is 178 Å². The molecule has 1 unspecified atom stereocenters. The van der Waals surface area contributed by atoms with Crippen molar-refractivity contribution >= 4 is 17.4 Å². The maximum absolute atomic E-state index is 13.0. The first-order chi connectivity index (χ1) is 14.2. The van der Waals surface area contributed by atoms with E-state index in [4.69, 9.17) is 4.74 Å². The predicted molar refractivity (Wildman–Crippen MR) is 118 cm³/mol. The summed E-state index contributed by atoms with van der Waals surface area (Å²) in [6, 6.07) is 14.3. The molecule has 2 aromatic rings. The number of hydrogen-bond donors (Lipinski definition) is 1. The van der Waals surface area contributed by atoms with Crippen molar-refractivity contribution in [3.05, 3.63) is 71.0 Å². The number of aliphatic hydroxyl groups excluding tert-OH is 1. The average molecular weight is 408 g/mol. The van der Waals surface area contributed by atoms with Gasteiger partial charge in [-0.15, -0.1) is 0 Å². The number of aliphatic hydroxyl groups is 1. The van der Waals surface area contributed by atoms with E-state index in [1.807, 2.05) is 38.1 Å². The van der Waals surface area contributed by atoms with E-state index in [2.05, 4.69) is 6.92 Å². The highest BCUT2D eigenvalue weighted by atomic mass is 16.5. The van der Waals surface area contributed by atoms with Crippen LogP contribution in [0.1, 0.15) is 51.8 Å². The summed E-state index contributed by atoms with van der Waals surface area (Å²) in [5.74, 6) is -0.913. The SMILES string of the molecule is CCc1ccc(C2C(C(=O)C(C)C)=C(O)C(=O)N2c2ccc(OC(C)C)cc2)cc1. The van der Waals surface area contributed by atoms with Crippen molar-refractivity contribution < 1.29 is 19.4 Å². The van der Waals surface area contributed by atoms with Crippen molar-refractivity contribution in [2.24, 2.45) is 5.92 Å². The highest BCUT2D eigenvalue weighted by Gasteiger charge is 2.44. The lowest BCUT2D eigenvalue weighted by Gasteiger charge is -2.27. The molecule has 0 bridgehead atoms. The van der Waals surface area contributed by atoms with Crippen LogP contribution in [0.3, 0.4) is 0 Å². The minimum atomic E-state index is -0.671. The van der Waals surface area contributed by atoms with Gasteiger partial charge in [0.15, 0.2) is 11.5 Å². The zero-order valence-corrected chi connectivity index (χ0v) is 18.2. The fourth-order valence-electron chi connectivity index (χ4n) is 3.64. The Hall–Kier alpha value is -3.08. The van der Waals surface area contributed by atoms with Crippen LogP contribution in [0, 0.1) is 5.92 Å². The number of benzene rings is 2. The summed E-state index contributed by atoms with van der Waals surface area (Å²) in [5, 5.41) is 10.7. The molecule has 1 aliphatic rings. The zero-order valence-electron chi connectivity index (χ0n) is 18.2. The van der Waals surface area contributed by atoms with E-state index < -0.39 is 17.7 Å². The molecule has 0 saturated heterocycles. The van der Waals surface area contributed by atoms with Gasteiger partial charge in [-0.1, -0.05) is 45.0 Å². The molecule has 1 heterocycles. The highest BCUT2D eigenvalue weighted by Crippen LogP contribution is 2.42. The Balaban J connectivity index is 2.08. The standard InChI is InChI=1S/C25H29NO4/c1-6-17-7-9-18(10-8-17)22-21(23(27)15(2)3)24(28)25(29)26(22)19-11-13-20(14-12-19)30-16(4)5/h7-16,22,28H,6H2,1-5H3. The number of carbonyl (C=O) groups excluding carboxylic acids is 2. The largest absolute Gasteiger partial charge is 0.503 e. The number of amides is 1. The van der Waals surface area contributed by atoms with Crippen LogP contribution in [-0.4, -0.2) is 22.9 Å². The Bertz CT molecular complexity index is 956. The van der Waals surface area contributed by atoms with Crippen LogP contribution in [0.25, 0.3) is 0 Å². The molecule has 1 amide bonds. The van der Waals surface area contributed by atoms with E-state index in [-0.39, 0.29) is 23.4 Å². The molecular formula is C25H29NO4. The molecule has 0 aromatic heterocycles. The summed E-state index contributed by atoms with van der Waals surface area (Å²) in [6.07, 6.45) is 0.930. The quantitative estimate of drug-likeness (QED) is 0.688. The van der Waals surface area contributed by atoms with Gasteiger partial charge in [-0.3, -0.25) is 14.5 Å². The number of rotatable bonds is 7. The van der Waals surface area contributed by atoms with Crippen LogP contribution >= 0.6 is 0 Å². The summed E-state index contributed by atoms with van der Waals surface area (Å²) < 4.78 is 5.69. The average Bonchev–Trinajstić information content (AvgIpc) is 2.98. The van der Waals surface area contributed by atoms with Crippen LogP contribution in [-0.2, 0) is 16.0 Å². The summed E-state index contributed by atoms with van der Waals surface area (Å²) in [7, 11) is 0. The van der Waals surface area contributed by atoms with Gasteiger partial charge < -0.3 is 9.84 Å². The molecule has 0 saturated carbocycles. The number of carbonyl (C=O) groups is 2. The van der Waals surface area contributed by atoms with Gasteiger partial charge in [0.2, 0.25) is 0 Å². The Morgan fingerprint density at radius 1 is 1.03 bits per heavy atom. The predicted octanol–water partition coefficient (Wildman–Crippen LogP) is 5.16. The number of aryl methyl sites for hydroxylation is 1. The number of Topliss-reactive ketones (excluding diaryl/α,β-unsaturated/α-hetero) is 1. The van der Waals surface area contributed by atoms with Crippen LogP contribution in [0.5, 0.6) is 5.75 Å². The minimum Gasteiger partial charge on any atom is -0.503 e. The lowest BCUT2D eigenvalue weighted by atomic mass is 9.90. The fraction of sp³-hybridized carbons (Fsp3) is 0.360. The Morgan fingerprint density at radius 2 is 1.63 bits per heavy atom. The third-order valence-electron chi connectivity index (χ3n) is 5.19. The van der Waals surface area contributed by atoms with Gasteiger partial charge >= 0.3 is 0 Å². The van der Waals surface area contributed by atoms with Crippen LogP contribution in [0.15, 0.2) is 59.9 Å². The first-order valence-corrected chi connectivity index (χ1v) is 10.4. The number of anilines is 1. The van der Waals surface area contributed by atoms with E-state index >= 15 is 0 Å². The minimum absolute atomic E-state index is 0.0371. The molecule has 1 atom stereocenters. The smallest absolute Gasteiger partial charge is 0.294 e. The Morgan fingerprint density at radius 3 is 2.13 bits per heavy atom. The summed E-state index contributed by atoms with van der Waals surface area (Å²) in [6.45, 7) is 9.50. The maximum atomic E-state index is 13.0. The van der Waals surface area contributed by atoms with E-state index in [0.717, 1.165) is 17.5 Å². The van der Waals surface area contributed by atoms with E-state index in [1.165, 1.54) is 4.90 Å². The maximum Gasteiger partial charge on any atom is 0.294 e. The summed E-state index contributed by atoms with van der Waals surface area (Å²) in [4.78, 5) is 27.5. The molecule has 5 nitrogen and oxygen atoms in total. The van der Waals surface area contributed by atoms with Crippen LogP contribution in [0.4, 0.5) is 5.69 Å². The lowest BCUT2D eigenvalue weighted by Crippen LogP contribution is -2.31. The lowest BCUT2D eigenvalue weighted by molar-refractivity contribution is -0.119. The van der Waals surface area contributed by atoms with Crippen molar-refractivity contribution in [1.29, 1.82) is 0 Å². The molecule has 0 aliphatic carbocycles. The van der Waals surface area contributed by atoms with Gasteiger partial charge in [-0.2, -0.15) is 0 Å². The molecule has 1 N–H and O–H groups in total. The first-order valence-electron chi connectivity index (χ1n) is 10.4. The number of nitrogens with zero attached hydrogens (tertiary/aromatic N) is 1. The van der Waals surface area contributed by atoms with E-state index in [0.29, 0.717) is 11.4 Å². The third kappa shape index (κ3) is 4.11. The second-order valence-corrected chi connectivity index (χ2v) is 8.11. The molecule has 5 heteroatoms. The van der Waals surface area contributed by atoms with Gasteiger partial charge in [0.25, 0.3) is 5.91 Å². The molecule has 0 fully saturated rings. The third-order valence-corrected chi connectivity index (χ3v) is 5.19. The van der Waals surface area contributed by atoms with Crippen molar-refractivity contribution in [2.75, 3.05) is 4.90 Å². The van der Waals surface area contributed by atoms with E-state index in [1.54, 1.807) is 38.1 Å². The topological polar surface area (TPSA) is 66.8 Å². The fourth-order valence-corrected chi connectivity index (χ4v) is 3.64. The van der Waals surface area contributed by atoms with Gasteiger partial charge in [-0.25, -0.2) is 0 Å². The molecule has 158 valence electrons. The van der Waals surface area contributed by atoms with Gasteiger partial charge in [-0.05, 0) is 55.7 Å². The normalized spacial score (nSPS) is 16.7. The van der Waals surface area contributed by atoms with Crippen LogP contribution in [0.2, 0.25) is 0 Å². The molecule has 0 spiro atoms. The van der Waals surface area contributed by atoms with Gasteiger partial charge in [0, 0.05) is 11.6 Å². The molecule has 2 aromatic carbocycles. The first kappa shape index (κ1) is 21.6. The molecule has 1 aliphatic heterocycles. The van der Waals surface area contributed by atoms with Crippen molar-refractivity contribution in [3.8, 4) is 5.75 Å². The second kappa shape index (κ2) is 8.74. The molecule has 30 heavy (non-hydrogen) atoms. The molecule has 0 radical (unpaired) electrons.